The van der Waals surface area contributed by atoms with Crippen LogP contribution in [0.15, 0.2) is 42.5 Å². The van der Waals surface area contributed by atoms with Gasteiger partial charge in [-0.15, -0.1) is 0 Å². The highest BCUT2D eigenvalue weighted by Gasteiger charge is 2.32. The van der Waals surface area contributed by atoms with Gasteiger partial charge in [0.1, 0.15) is 11.8 Å². The van der Waals surface area contributed by atoms with Gasteiger partial charge in [-0.25, -0.2) is 0 Å². The molecule has 5 heteroatoms. The minimum absolute atomic E-state index is 0.0227. The standard InChI is InChI=1S/C23H28N2O3/c1-15(2)21(24-22(26)17-8-10-19(28-4)11-9-17)23(27)25-13-5-6-18-14-16(3)7-12-20(18)25/h7-12,14-15,21H,5-6,13H2,1-4H3,(H,24,26). The fraction of sp³-hybridized carbons (Fsp3) is 0.391. The Hall–Kier alpha value is -2.82. The Morgan fingerprint density at radius 3 is 2.46 bits per heavy atom. The van der Waals surface area contributed by atoms with E-state index in [4.69, 9.17) is 4.74 Å². The number of carbonyl (C=O) groups excluding carboxylic acids is 2. The van der Waals surface area contributed by atoms with Crippen LogP contribution in [0, 0.1) is 12.8 Å². The van der Waals surface area contributed by atoms with Gasteiger partial charge in [-0.05, 0) is 61.6 Å². The van der Waals surface area contributed by atoms with Crippen molar-refractivity contribution in [3.63, 3.8) is 0 Å². The van der Waals surface area contributed by atoms with E-state index in [-0.39, 0.29) is 17.7 Å². The van der Waals surface area contributed by atoms with Crippen LogP contribution in [0.25, 0.3) is 0 Å². The molecule has 0 aliphatic carbocycles. The second-order valence-electron chi connectivity index (χ2n) is 7.65. The van der Waals surface area contributed by atoms with Crippen molar-refractivity contribution >= 4 is 17.5 Å². The van der Waals surface area contributed by atoms with Gasteiger partial charge in [-0.3, -0.25) is 9.59 Å². The summed E-state index contributed by atoms with van der Waals surface area (Å²) >= 11 is 0. The molecule has 148 valence electrons. The van der Waals surface area contributed by atoms with E-state index < -0.39 is 6.04 Å². The summed E-state index contributed by atoms with van der Waals surface area (Å²) in [7, 11) is 1.58. The highest BCUT2D eigenvalue weighted by molar-refractivity contribution is 6.03. The number of amides is 2. The van der Waals surface area contributed by atoms with Gasteiger partial charge in [0.25, 0.3) is 5.91 Å². The van der Waals surface area contributed by atoms with Crippen molar-refractivity contribution < 1.29 is 14.3 Å². The molecule has 1 unspecified atom stereocenters. The molecule has 2 aromatic rings. The fourth-order valence-electron chi connectivity index (χ4n) is 3.60. The van der Waals surface area contributed by atoms with Crippen LogP contribution < -0.4 is 15.0 Å². The Balaban J connectivity index is 1.80. The van der Waals surface area contributed by atoms with Gasteiger partial charge in [-0.1, -0.05) is 31.5 Å². The number of nitrogens with zero attached hydrogens (tertiary/aromatic N) is 1. The van der Waals surface area contributed by atoms with Crippen molar-refractivity contribution in [2.45, 2.75) is 39.7 Å². The summed E-state index contributed by atoms with van der Waals surface area (Å²) in [5.41, 5.74) is 3.87. The van der Waals surface area contributed by atoms with Crippen molar-refractivity contribution in [2.75, 3.05) is 18.6 Å². The number of ether oxygens (including phenoxy) is 1. The third-order valence-electron chi connectivity index (χ3n) is 5.19. The Labute approximate surface area is 166 Å². The third kappa shape index (κ3) is 4.19. The SMILES string of the molecule is COc1ccc(C(=O)NC(C(=O)N2CCCc3cc(C)ccc32)C(C)C)cc1. The number of hydrogen-bond acceptors (Lipinski definition) is 3. The zero-order chi connectivity index (χ0) is 20.3. The number of carbonyl (C=O) groups is 2. The first-order valence-electron chi connectivity index (χ1n) is 9.76. The molecular weight excluding hydrogens is 352 g/mol. The maximum atomic E-state index is 13.3. The highest BCUT2D eigenvalue weighted by Crippen LogP contribution is 2.29. The van der Waals surface area contributed by atoms with Gasteiger partial charge in [0.15, 0.2) is 0 Å². The average molecular weight is 380 g/mol. The summed E-state index contributed by atoms with van der Waals surface area (Å²) in [5.74, 6) is 0.358. The smallest absolute Gasteiger partial charge is 0.251 e. The van der Waals surface area contributed by atoms with Gasteiger partial charge in [-0.2, -0.15) is 0 Å². The molecule has 0 saturated heterocycles. The van der Waals surface area contributed by atoms with Gasteiger partial charge in [0.05, 0.1) is 7.11 Å². The average Bonchev–Trinajstić information content (AvgIpc) is 2.70. The van der Waals surface area contributed by atoms with Crippen molar-refractivity contribution in [3.8, 4) is 5.75 Å². The lowest BCUT2D eigenvalue weighted by molar-refractivity contribution is -0.121. The number of aryl methyl sites for hydroxylation is 2. The number of anilines is 1. The zero-order valence-electron chi connectivity index (χ0n) is 17.0. The maximum Gasteiger partial charge on any atom is 0.251 e. The summed E-state index contributed by atoms with van der Waals surface area (Å²) in [6.45, 7) is 6.65. The monoisotopic (exact) mass is 380 g/mol. The predicted octanol–water partition coefficient (Wildman–Crippen LogP) is 3.74. The van der Waals surface area contributed by atoms with E-state index in [0.29, 0.717) is 17.9 Å². The van der Waals surface area contributed by atoms with Crippen LogP contribution in [-0.4, -0.2) is 31.5 Å². The van der Waals surface area contributed by atoms with Crippen LogP contribution in [0.4, 0.5) is 5.69 Å². The lowest BCUT2D eigenvalue weighted by Crippen LogP contribution is -2.52. The van der Waals surface area contributed by atoms with Crippen molar-refractivity contribution in [1.29, 1.82) is 0 Å². The van der Waals surface area contributed by atoms with Crippen molar-refractivity contribution in [1.82, 2.24) is 5.32 Å². The van der Waals surface area contributed by atoms with E-state index in [1.807, 2.05) is 30.9 Å². The van der Waals surface area contributed by atoms with E-state index in [2.05, 4.69) is 18.3 Å². The van der Waals surface area contributed by atoms with E-state index in [1.54, 1.807) is 31.4 Å². The van der Waals surface area contributed by atoms with Crippen LogP contribution in [0.3, 0.4) is 0 Å². The quantitative estimate of drug-likeness (QED) is 0.860. The molecule has 0 aromatic heterocycles. The van der Waals surface area contributed by atoms with Crippen molar-refractivity contribution in [3.05, 3.63) is 59.2 Å². The van der Waals surface area contributed by atoms with E-state index in [9.17, 15) is 9.59 Å². The number of nitrogens with one attached hydrogen (secondary N) is 1. The van der Waals surface area contributed by atoms with Gasteiger partial charge < -0.3 is 15.0 Å². The molecule has 1 atom stereocenters. The Morgan fingerprint density at radius 2 is 1.82 bits per heavy atom. The molecule has 0 saturated carbocycles. The second-order valence-corrected chi connectivity index (χ2v) is 7.65. The summed E-state index contributed by atoms with van der Waals surface area (Å²) in [6.07, 6.45) is 1.91. The summed E-state index contributed by atoms with van der Waals surface area (Å²) in [5, 5.41) is 2.94. The fourth-order valence-corrected chi connectivity index (χ4v) is 3.60. The molecule has 0 radical (unpaired) electrons. The van der Waals surface area contributed by atoms with Crippen LogP contribution in [0.1, 0.15) is 41.8 Å². The summed E-state index contributed by atoms with van der Waals surface area (Å²) < 4.78 is 5.13. The molecule has 1 aliphatic heterocycles. The van der Waals surface area contributed by atoms with Crippen LogP contribution in [0.2, 0.25) is 0 Å². The minimum atomic E-state index is -0.582. The van der Waals surface area contributed by atoms with E-state index in [0.717, 1.165) is 18.5 Å². The largest absolute Gasteiger partial charge is 0.497 e. The lowest BCUT2D eigenvalue weighted by atomic mass is 9.96. The van der Waals surface area contributed by atoms with Gasteiger partial charge in [0.2, 0.25) is 5.91 Å². The molecule has 3 rings (SSSR count). The summed E-state index contributed by atoms with van der Waals surface area (Å²) in [6, 6.07) is 12.5. The second kappa shape index (κ2) is 8.46. The van der Waals surface area contributed by atoms with Crippen molar-refractivity contribution in [2.24, 2.45) is 5.92 Å². The zero-order valence-corrected chi connectivity index (χ0v) is 17.0. The van der Waals surface area contributed by atoms with Crippen LogP contribution in [0.5, 0.6) is 5.75 Å². The minimum Gasteiger partial charge on any atom is -0.497 e. The first-order valence-corrected chi connectivity index (χ1v) is 9.76. The first-order chi connectivity index (χ1) is 13.4. The third-order valence-corrected chi connectivity index (χ3v) is 5.19. The molecule has 28 heavy (non-hydrogen) atoms. The predicted molar refractivity (Wildman–Crippen MR) is 111 cm³/mol. The Morgan fingerprint density at radius 1 is 1.11 bits per heavy atom. The highest BCUT2D eigenvalue weighted by atomic mass is 16.5. The molecule has 1 aliphatic rings. The molecule has 2 amide bonds. The summed E-state index contributed by atoms with van der Waals surface area (Å²) in [4.78, 5) is 27.9. The molecule has 2 aromatic carbocycles. The molecule has 1 heterocycles. The molecule has 0 spiro atoms. The first kappa shape index (κ1) is 19.9. The Bertz CT molecular complexity index is 859. The molecule has 1 N–H and O–H groups in total. The maximum absolute atomic E-state index is 13.3. The van der Waals surface area contributed by atoms with Gasteiger partial charge in [0, 0.05) is 17.8 Å². The van der Waals surface area contributed by atoms with Crippen LogP contribution >= 0.6 is 0 Å². The normalized spacial score (nSPS) is 14.4. The number of methoxy groups -OCH3 is 1. The molecule has 5 nitrogen and oxygen atoms in total. The van der Waals surface area contributed by atoms with Crippen LogP contribution in [-0.2, 0) is 11.2 Å². The molecule has 0 bridgehead atoms. The number of rotatable bonds is 5. The lowest BCUT2D eigenvalue weighted by Gasteiger charge is -2.34. The topological polar surface area (TPSA) is 58.6 Å². The molecule has 0 fully saturated rings. The van der Waals surface area contributed by atoms with E-state index >= 15 is 0 Å². The number of hydrogen-bond donors (Lipinski definition) is 1. The van der Waals surface area contributed by atoms with E-state index in [1.165, 1.54) is 11.1 Å². The molecular formula is C23H28N2O3. The Kier molecular flexibility index (Phi) is 6.02. The number of fused-ring (bicyclic) bond motifs is 1. The van der Waals surface area contributed by atoms with Gasteiger partial charge >= 0.3 is 0 Å². The number of benzene rings is 2.